The zero-order chi connectivity index (χ0) is 19.3. The minimum absolute atomic E-state index is 0.0849. The summed E-state index contributed by atoms with van der Waals surface area (Å²) >= 11 is 0. The fraction of sp³-hybridized carbons (Fsp3) is 0.174. The molecule has 0 spiro atoms. The summed E-state index contributed by atoms with van der Waals surface area (Å²) in [6, 6.07) is 23.9. The Kier molecular flexibility index (Phi) is 5.15. The average molecular weight is 370 g/mol. The molecule has 0 radical (unpaired) electrons. The highest BCUT2D eigenvalue weighted by Gasteiger charge is 2.13. The zero-order valence-electron chi connectivity index (χ0n) is 15.7. The molecule has 1 unspecified atom stereocenters. The number of carbonyl (C=O) groups is 1. The average Bonchev–Trinajstić information content (AvgIpc) is 3.17. The van der Waals surface area contributed by atoms with Crippen LogP contribution >= 0.6 is 0 Å². The molecule has 4 aromatic rings. The van der Waals surface area contributed by atoms with Crippen molar-refractivity contribution in [3.8, 4) is 11.4 Å². The molecule has 0 bridgehead atoms. The van der Waals surface area contributed by atoms with Crippen LogP contribution in [0.4, 0.5) is 0 Å². The summed E-state index contributed by atoms with van der Waals surface area (Å²) < 4.78 is 1.89. The van der Waals surface area contributed by atoms with Gasteiger partial charge < -0.3 is 5.32 Å². The topological polar surface area (TPSA) is 59.3 Å². The smallest absolute Gasteiger partial charge is 0.251 e. The third-order valence-electron chi connectivity index (χ3n) is 4.79. The largest absolute Gasteiger partial charge is 0.350 e. The molecule has 140 valence electrons. The van der Waals surface area contributed by atoms with Gasteiger partial charge in [0.05, 0.1) is 0 Å². The number of nitrogens with zero attached hydrogens (tertiary/aromatic N) is 3. The highest BCUT2D eigenvalue weighted by atomic mass is 16.1. The molecule has 2 aromatic heterocycles. The molecule has 0 aliphatic carbocycles. The molecule has 0 aliphatic heterocycles. The van der Waals surface area contributed by atoms with Crippen molar-refractivity contribution in [3.63, 3.8) is 0 Å². The number of carbonyl (C=O) groups excluding carboxylic acids is 1. The number of fused-ring (bicyclic) bond motifs is 1. The normalized spacial score (nSPS) is 12.0. The van der Waals surface area contributed by atoms with E-state index in [1.54, 1.807) is 6.07 Å². The monoisotopic (exact) mass is 370 g/mol. The summed E-state index contributed by atoms with van der Waals surface area (Å²) in [5, 5.41) is 11.6. The molecule has 1 N–H and O–H groups in total. The Morgan fingerprint density at radius 2 is 1.71 bits per heavy atom. The number of benzene rings is 2. The molecule has 1 amide bonds. The van der Waals surface area contributed by atoms with Crippen LogP contribution in [-0.2, 0) is 6.42 Å². The second kappa shape index (κ2) is 8.05. The molecule has 1 atom stereocenters. The van der Waals surface area contributed by atoms with Crippen molar-refractivity contribution in [3.05, 3.63) is 90.1 Å². The number of rotatable bonds is 6. The van der Waals surface area contributed by atoms with Gasteiger partial charge in [-0.1, -0.05) is 60.7 Å². The first kappa shape index (κ1) is 17.9. The lowest BCUT2D eigenvalue weighted by Gasteiger charge is -2.14. The van der Waals surface area contributed by atoms with Gasteiger partial charge in [-0.2, -0.15) is 0 Å². The maximum absolute atomic E-state index is 12.6. The zero-order valence-corrected chi connectivity index (χ0v) is 15.7. The van der Waals surface area contributed by atoms with Gasteiger partial charge in [0, 0.05) is 23.4 Å². The number of hydrogen-bond donors (Lipinski definition) is 1. The van der Waals surface area contributed by atoms with Crippen LogP contribution in [0.5, 0.6) is 0 Å². The highest BCUT2D eigenvalue weighted by Crippen LogP contribution is 2.18. The lowest BCUT2D eigenvalue weighted by Crippen LogP contribution is -2.32. The van der Waals surface area contributed by atoms with Crippen molar-refractivity contribution < 1.29 is 4.79 Å². The van der Waals surface area contributed by atoms with E-state index in [1.165, 1.54) is 5.56 Å². The molecule has 0 saturated heterocycles. The van der Waals surface area contributed by atoms with Crippen molar-refractivity contribution in [2.24, 2.45) is 0 Å². The first-order valence-electron chi connectivity index (χ1n) is 9.46. The van der Waals surface area contributed by atoms with Gasteiger partial charge in [-0.05, 0) is 37.5 Å². The Hall–Kier alpha value is -3.47. The van der Waals surface area contributed by atoms with Crippen molar-refractivity contribution in [1.82, 2.24) is 19.9 Å². The summed E-state index contributed by atoms with van der Waals surface area (Å²) in [6.07, 6.45) is 3.67. The molecule has 0 fully saturated rings. The van der Waals surface area contributed by atoms with E-state index < -0.39 is 0 Å². The first-order valence-corrected chi connectivity index (χ1v) is 9.46. The molecule has 5 nitrogen and oxygen atoms in total. The van der Waals surface area contributed by atoms with Gasteiger partial charge in [-0.15, -0.1) is 10.2 Å². The third-order valence-corrected chi connectivity index (χ3v) is 4.79. The molecule has 4 rings (SSSR count). The van der Waals surface area contributed by atoms with Gasteiger partial charge in [0.25, 0.3) is 5.91 Å². The van der Waals surface area contributed by atoms with Crippen LogP contribution in [0.15, 0.2) is 79.0 Å². The lowest BCUT2D eigenvalue weighted by atomic mass is 10.1. The first-order chi connectivity index (χ1) is 13.7. The Morgan fingerprint density at radius 3 is 2.46 bits per heavy atom. The number of pyridine rings is 1. The van der Waals surface area contributed by atoms with E-state index in [-0.39, 0.29) is 11.9 Å². The van der Waals surface area contributed by atoms with Crippen molar-refractivity contribution >= 4 is 11.6 Å². The lowest BCUT2D eigenvalue weighted by molar-refractivity contribution is 0.0938. The van der Waals surface area contributed by atoms with E-state index in [0.717, 1.165) is 24.2 Å². The molecule has 0 aliphatic rings. The summed E-state index contributed by atoms with van der Waals surface area (Å²) in [5.74, 6) is 0.672. The van der Waals surface area contributed by atoms with Gasteiger partial charge in [0.15, 0.2) is 11.5 Å². The van der Waals surface area contributed by atoms with Crippen molar-refractivity contribution in [2.45, 2.75) is 25.8 Å². The third kappa shape index (κ3) is 3.93. The summed E-state index contributed by atoms with van der Waals surface area (Å²) in [7, 11) is 0. The number of amides is 1. The molecule has 2 heterocycles. The van der Waals surface area contributed by atoms with Gasteiger partial charge in [-0.25, -0.2) is 0 Å². The standard InChI is InChI=1S/C23H22N4O/c1-17(12-13-18-8-4-2-5-9-18)24-23(28)20-14-15-27-21(16-20)25-26-22(27)19-10-6-3-7-11-19/h2-11,14-17H,12-13H2,1H3,(H,24,28). The Bertz CT molecular complexity index is 1070. The fourth-order valence-corrected chi connectivity index (χ4v) is 3.22. The van der Waals surface area contributed by atoms with Gasteiger partial charge in [0.1, 0.15) is 0 Å². The summed E-state index contributed by atoms with van der Waals surface area (Å²) in [5.41, 5.74) is 3.51. The molecule has 2 aromatic carbocycles. The molecular weight excluding hydrogens is 348 g/mol. The van der Waals surface area contributed by atoms with Crippen molar-refractivity contribution in [1.29, 1.82) is 0 Å². The Balaban J connectivity index is 1.44. The molecule has 0 saturated carbocycles. The van der Waals surface area contributed by atoms with Crippen LogP contribution in [0.2, 0.25) is 0 Å². The predicted octanol–water partition coefficient (Wildman–Crippen LogP) is 4.15. The van der Waals surface area contributed by atoms with Gasteiger partial charge in [-0.3, -0.25) is 9.20 Å². The minimum Gasteiger partial charge on any atom is -0.350 e. The van der Waals surface area contributed by atoms with E-state index in [4.69, 9.17) is 0 Å². The van der Waals surface area contributed by atoms with Crippen molar-refractivity contribution in [2.75, 3.05) is 0 Å². The molecular formula is C23H22N4O. The summed E-state index contributed by atoms with van der Waals surface area (Å²) in [6.45, 7) is 2.03. The Morgan fingerprint density at radius 1 is 1.00 bits per heavy atom. The van der Waals surface area contributed by atoms with E-state index in [2.05, 4.69) is 27.6 Å². The maximum Gasteiger partial charge on any atom is 0.251 e. The quantitative estimate of drug-likeness (QED) is 0.555. The number of aromatic nitrogens is 3. The summed E-state index contributed by atoms with van der Waals surface area (Å²) in [4.78, 5) is 12.6. The number of hydrogen-bond acceptors (Lipinski definition) is 3. The predicted molar refractivity (Wildman–Crippen MR) is 110 cm³/mol. The number of aryl methyl sites for hydroxylation is 1. The second-order valence-corrected chi connectivity index (χ2v) is 6.93. The SMILES string of the molecule is CC(CCc1ccccc1)NC(=O)c1ccn2c(-c3ccccc3)nnc2c1. The second-order valence-electron chi connectivity index (χ2n) is 6.93. The Labute approximate surface area is 164 Å². The van der Waals surface area contributed by atoms with E-state index in [9.17, 15) is 4.79 Å². The van der Waals surface area contributed by atoms with Crippen LogP contribution in [0.3, 0.4) is 0 Å². The van der Waals surface area contributed by atoms with E-state index in [0.29, 0.717) is 11.2 Å². The fourth-order valence-electron chi connectivity index (χ4n) is 3.22. The van der Waals surface area contributed by atoms with E-state index >= 15 is 0 Å². The van der Waals surface area contributed by atoms with Crippen LogP contribution in [-0.4, -0.2) is 26.5 Å². The maximum atomic E-state index is 12.6. The number of nitrogens with one attached hydrogen (secondary N) is 1. The van der Waals surface area contributed by atoms with Crippen LogP contribution < -0.4 is 5.32 Å². The highest BCUT2D eigenvalue weighted by molar-refractivity contribution is 5.95. The minimum atomic E-state index is -0.0904. The van der Waals surface area contributed by atoms with Crippen LogP contribution in [0.25, 0.3) is 17.0 Å². The molecule has 5 heteroatoms. The van der Waals surface area contributed by atoms with Crippen LogP contribution in [0.1, 0.15) is 29.3 Å². The van der Waals surface area contributed by atoms with Gasteiger partial charge in [0.2, 0.25) is 0 Å². The van der Waals surface area contributed by atoms with Crippen LogP contribution in [0, 0.1) is 0 Å². The molecule has 28 heavy (non-hydrogen) atoms. The van der Waals surface area contributed by atoms with Gasteiger partial charge >= 0.3 is 0 Å². The van der Waals surface area contributed by atoms with E-state index in [1.807, 2.05) is 72.1 Å².